The molecular weight excluding hydrogens is 250 g/mol. The van der Waals surface area contributed by atoms with E-state index in [9.17, 15) is 5.21 Å². The summed E-state index contributed by atoms with van der Waals surface area (Å²) in [5, 5.41) is 11.7. The Balaban J connectivity index is 2.39. The maximum absolute atomic E-state index is 10.4. The van der Waals surface area contributed by atoms with Gasteiger partial charge in [0.15, 0.2) is 5.84 Å². The zero-order chi connectivity index (χ0) is 15.3. The second-order valence-corrected chi connectivity index (χ2v) is 7.42. The summed E-state index contributed by atoms with van der Waals surface area (Å²) >= 11 is 0. The van der Waals surface area contributed by atoms with Crippen molar-refractivity contribution in [1.29, 1.82) is 0 Å². The van der Waals surface area contributed by atoms with Crippen LogP contribution in [0.15, 0.2) is 29.3 Å². The Morgan fingerprint density at radius 2 is 1.50 bits per heavy atom. The molecule has 0 spiro atoms. The van der Waals surface area contributed by atoms with Gasteiger partial charge < -0.3 is 0 Å². The zero-order valence-electron chi connectivity index (χ0n) is 13.6. The predicted molar refractivity (Wildman–Crippen MR) is 84.3 cm³/mol. The summed E-state index contributed by atoms with van der Waals surface area (Å²) in [4.78, 5) is 4.70. The molecule has 1 heterocycles. The van der Waals surface area contributed by atoms with Crippen LogP contribution in [0.4, 0.5) is 5.69 Å². The van der Waals surface area contributed by atoms with Crippen molar-refractivity contribution in [2.75, 3.05) is 21.1 Å². The van der Waals surface area contributed by atoms with E-state index in [1.54, 1.807) is 0 Å². The minimum Gasteiger partial charge on any atom is -0.298 e. The molecule has 0 amide bonds. The maximum atomic E-state index is 10.4. The first kappa shape index (κ1) is 15.0. The molecule has 2 rings (SSSR count). The molecule has 0 aliphatic carbocycles. The van der Waals surface area contributed by atoms with Crippen molar-refractivity contribution < 1.29 is 5.21 Å². The van der Waals surface area contributed by atoms with Crippen LogP contribution in [0.25, 0.3) is 0 Å². The predicted octanol–water partition coefficient (Wildman–Crippen LogP) is 2.89. The van der Waals surface area contributed by atoms with E-state index >= 15 is 0 Å². The average molecular weight is 276 g/mol. The van der Waals surface area contributed by atoms with Crippen LogP contribution in [0, 0.1) is 0 Å². The Morgan fingerprint density at radius 1 is 1.00 bits per heavy atom. The number of amidine groups is 1. The van der Waals surface area contributed by atoms with Gasteiger partial charge in [0.05, 0.1) is 32.2 Å². The molecule has 4 heteroatoms. The van der Waals surface area contributed by atoms with Gasteiger partial charge in [-0.1, -0.05) is 0 Å². The normalized spacial score (nSPS) is 21.0. The Morgan fingerprint density at radius 3 is 1.85 bits per heavy atom. The molecule has 1 N–H and O–H groups in total. The van der Waals surface area contributed by atoms with Gasteiger partial charge in [-0.3, -0.25) is 14.7 Å². The fourth-order valence-corrected chi connectivity index (χ4v) is 2.22. The monoisotopic (exact) mass is 276 g/mol. The molecule has 110 valence electrons. The largest absolute Gasteiger partial charge is 0.298 e. The number of hydroxylamine groups is 2. The van der Waals surface area contributed by atoms with Gasteiger partial charge in [0.1, 0.15) is 5.69 Å². The van der Waals surface area contributed by atoms with Crippen LogP contribution in [0.2, 0.25) is 0 Å². The molecule has 0 atom stereocenters. The van der Waals surface area contributed by atoms with Crippen LogP contribution in [0.3, 0.4) is 0 Å². The van der Waals surface area contributed by atoms with Crippen LogP contribution >= 0.6 is 0 Å². The van der Waals surface area contributed by atoms with Crippen molar-refractivity contribution in [1.82, 2.24) is 9.55 Å². The van der Waals surface area contributed by atoms with E-state index in [-0.39, 0.29) is 5.54 Å². The molecule has 20 heavy (non-hydrogen) atoms. The number of aliphatic imine (C=N–C) groups is 1. The van der Waals surface area contributed by atoms with Crippen molar-refractivity contribution in [2.24, 2.45) is 4.99 Å². The maximum Gasteiger partial charge on any atom is 0.156 e. The summed E-state index contributed by atoms with van der Waals surface area (Å²) < 4.78 is 0.770. The lowest BCUT2D eigenvalue weighted by Crippen LogP contribution is -2.51. The third kappa shape index (κ3) is 2.23. The summed E-state index contributed by atoms with van der Waals surface area (Å²) in [7, 11) is 6.39. The first-order valence-electron chi connectivity index (χ1n) is 6.98. The molecule has 1 aliphatic heterocycles. The number of hydrogen-bond acceptors (Lipinski definition) is 3. The van der Waals surface area contributed by atoms with Gasteiger partial charge in [0.2, 0.25) is 0 Å². The Hall–Kier alpha value is -1.39. The number of quaternary nitrogens is 1. The molecule has 0 bridgehead atoms. The molecule has 0 radical (unpaired) electrons. The van der Waals surface area contributed by atoms with E-state index in [4.69, 9.17) is 4.99 Å². The Kier molecular flexibility index (Phi) is 3.23. The van der Waals surface area contributed by atoms with E-state index in [0.29, 0.717) is 5.84 Å². The number of nitrogens with zero attached hydrogens (tertiary/aromatic N) is 3. The lowest BCUT2D eigenvalue weighted by atomic mass is 9.84. The summed E-state index contributed by atoms with van der Waals surface area (Å²) in [5.41, 5.74) is 1.43. The van der Waals surface area contributed by atoms with Crippen LogP contribution in [0.1, 0.15) is 33.3 Å². The van der Waals surface area contributed by atoms with Crippen LogP contribution in [-0.4, -0.2) is 48.3 Å². The number of hydrogen-bond donors (Lipinski definition) is 1. The summed E-state index contributed by atoms with van der Waals surface area (Å²) in [6.07, 6.45) is 0. The standard InChI is InChI=1S/C16H26N3O/c1-15(2)16(3,4)18(20)14(17-15)12-8-10-13(11-9-12)19(5,6)7/h8-11,20H,1-7H3/q+1. The van der Waals surface area contributed by atoms with Crippen molar-refractivity contribution in [3.63, 3.8) is 0 Å². The highest BCUT2D eigenvalue weighted by atomic mass is 16.5. The van der Waals surface area contributed by atoms with Gasteiger partial charge >= 0.3 is 0 Å². The van der Waals surface area contributed by atoms with E-state index in [1.807, 2.05) is 39.8 Å². The minimum atomic E-state index is -0.416. The molecule has 1 aliphatic rings. The highest BCUT2D eigenvalue weighted by Crippen LogP contribution is 2.38. The Labute approximate surface area is 121 Å². The molecule has 0 saturated carbocycles. The lowest BCUT2D eigenvalue weighted by Gasteiger charge is -2.36. The van der Waals surface area contributed by atoms with Gasteiger partial charge in [-0.25, -0.2) is 5.06 Å². The average Bonchev–Trinajstić information content (AvgIpc) is 2.49. The summed E-state index contributed by atoms with van der Waals surface area (Å²) in [6.45, 7) is 8.10. The third-order valence-electron chi connectivity index (χ3n) is 4.51. The molecule has 0 saturated heterocycles. The van der Waals surface area contributed by atoms with Crippen LogP contribution < -0.4 is 4.48 Å². The van der Waals surface area contributed by atoms with Crippen molar-refractivity contribution in [3.05, 3.63) is 29.8 Å². The molecule has 1 aromatic rings. The molecule has 1 aromatic carbocycles. The topological polar surface area (TPSA) is 35.8 Å². The summed E-state index contributed by atoms with van der Waals surface area (Å²) in [6, 6.07) is 8.23. The van der Waals surface area contributed by atoms with Crippen molar-refractivity contribution in [2.45, 2.75) is 38.8 Å². The van der Waals surface area contributed by atoms with E-state index in [0.717, 1.165) is 10.0 Å². The third-order valence-corrected chi connectivity index (χ3v) is 4.51. The Bertz CT molecular complexity index is 536. The van der Waals surface area contributed by atoms with Gasteiger partial charge in [0, 0.05) is 5.56 Å². The number of benzene rings is 1. The molecule has 0 aromatic heterocycles. The van der Waals surface area contributed by atoms with E-state index in [1.165, 1.54) is 10.8 Å². The second kappa shape index (κ2) is 4.30. The quantitative estimate of drug-likeness (QED) is 0.843. The summed E-state index contributed by atoms with van der Waals surface area (Å²) in [5.74, 6) is 0.646. The smallest absolute Gasteiger partial charge is 0.156 e. The highest BCUT2D eigenvalue weighted by molar-refractivity contribution is 6.00. The SMILES string of the molecule is CC1(C)N=C(c2ccc([N+](C)(C)C)cc2)N(O)C1(C)C. The minimum absolute atomic E-state index is 0.324. The molecule has 0 fully saturated rings. The van der Waals surface area contributed by atoms with E-state index in [2.05, 4.69) is 33.3 Å². The van der Waals surface area contributed by atoms with Crippen LogP contribution in [0.5, 0.6) is 0 Å². The van der Waals surface area contributed by atoms with Gasteiger partial charge in [-0.05, 0) is 52.0 Å². The first-order valence-corrected chi connectivity index (χ1v) is 6.98. The van der Waals surface area contributed by atoms with E-state index < -0.39 is 5.54 Å². The highest BCUT2D eigenvalue weighted by Gasteiger charge is 2.49. The lowest BCUT2D eigenvalue weighted by molar-refractivity contribution is -0.0992. The zero-order valence-corrected chi connectivity index (χ0v) is 13.6. The second-order valence-electron chi connectivity index (χ2n) is 7.42. The molecular formula is C16H26N3O+. The van der Waals surface area contributed by atoms with Gasteiger partial charge in [0.25, 0.3) is 0 Å². The first-order chi connectivity index (χ1) is 8.97. The number of rotatable bonds is 2. The van der Waals surface area contributed by atoms with Crippen LogP contribution in [-0.2, 0) is 0 Å². The fourth-order valence-electron chi connectivity index (χ4n) is 2.22. The fraction of sp³-hybridized carbons (Fsp3) is 0.562. The van der Waals surface area contributed by atoms with Gasteiger partial charge in [-0.2, -0.15) is 0 Å². The van der Waals surface area contributed by atoms with Crippen molar-refractivity contribution in [3.8, 4) is 0 Å². The van der Waals surface area contributed by atoms with Crippen molar-refractivity contribution >= 4 is 11.5 Å². The molecule has 4 nitrogen and oxygen atoms in total. The van der Waals surface area contributed by atoms with Gasteiger partial charge in [-0.15, -0.1) is 0 Å². The molecule has 0 unspecified atom stereocenters.